The molecule has 2 aromatic carbocycles. The molecule has 1 amide bonds. The topological polar surface area (TPSA) is 46.4 Å². The normalized spacial score (nSPS) is 12.0. The summed E-state index contributed by atoms with van der Waals surface area (Å²) in [5.74, 6) is -0.498. The SMILES string of the molecule is Cc1c(C(=O)Nc2ccc(Cl)c(C(F)(F)F)c2)sc2nc3ccccc3n12. The maximum atomic E-state index is 13.0. The smallest absolute Gasteiger partial charge is 0.321 e. The zero-order valence-electron chi connectivity index (χ0n) is 13.8. The Balaban J connectivity index is 1.71. The number of carbonyl (C=O) groups is 1. The summed E-state index contributed by atoms with van der Waals surface area (Å²) in [6.07, 6.45) is -4.60. The molecule has 1 N–H and O–H groups in total. The molecule has 0 atom stereocenters. The van der Waals surface area contributed by atoms with Crippen molar-refractivity contribution in [1.29, 1.82) is 0 Å². The second-order valence-corrected chi connectivity index (χ2v) is 7.27. The highest BCUT2D eigenvalue weighted by molar-refractivity contribution is 7.19. The van der Waals surface area contributed by atoms with Crippen molar-refractivity contribution in [3.8, 4) is 0 Å². The average molecular weight is 410 g/mol. The van der Waals surface area contributed by atoms with Crippen molar-refractivity contribution >= 4 is 50.5 Å². The third-order valence-corrected chi connectivity index (χ3v) is 5.59. The predicted molar refractivity (Wildman–Crippen MR) is 99.7 cm³/mol. The van der Waals surface area contributed by atoms with Crippen molar-refractivity contribution in [2.24, 2.45) is 0 Å². The maximum Gasteiger partial charge on any atom is 0.417 e. The number of nitrogens with one attached hydrogen (secondary N) is 1. The van der Waals surface area contributed by atoms with Crippen molar-refractivity contribution in [1.82, 2.24) is 9.38 Å². The summed E-state index contributed by atoms with van der Waals surface area (Å²) < 4.78 is 40.8. The van der Waals surface area contributed by atoms with E-state index in [4.69, 9.17) is 11.6 Å². The van der Waals surface area contributed by atoms with E-state index in [2.05, 4.69) is 10.3 Å². The summed E-state index contributed by atoms with van der Waals surface area (Å²) in [6.45, 7) is 1.77. The summed E-state index contributed by atoms with van der Waals surface area (Å²) in [6, 6.07) is 10.8. The zero-order valence-corrected chi connectivity index (χ0v) is 15.3. The standard InChI is InChI=1S/C18H11ClF3N3OS/c1-9-15(27-17-24-13-4-2-3-5-14(13)25(9)17)16(26)23-10-6-7-12(19)11(8-10)18(20,21)22/h2-8H,1H3,(H,23,26). The summed E-state index contributed by atoms with van der Waals surface area (Å²) in [5.41, 5.74) is 1.38. The van der Waals surface area contributed by atoms with Gasteiger partial charge in [0.05, 0.1) is 21.6 Å². The number of imidazole rings is 1. The number of halogens is 4. The van der Waals surface area contributed by atoms with Gasteiger partial charge in [0.1, 0.15) is 4.88 Å². The maximum absolute atomic E-state index is 13.0. The van der Waals surface area contributed by atoms with Crippen LogP contribution in [0.2, 0.25) is 5.02 Å². The molecule has 0 spiro atoms. The average Bonchev–Trinajstić information content (AvgIpc) is 3.12. The third-order valence-electron chi connectivity index (χ3n) is 4.12. The van der Waals surface area contributed by atoms with E-state index in [1.165, 1.54) is 17.4 Å². The summed E-state index contributed by atoms with van der Waals surface area (Å²) in [7, 11) is 0. The number of benzene rings is 2. The fraction of sp³-hybridized carbons (Fsp3) is 0.111. The Kier molecular flexibility index (Phi) is 4.12. The molecule has 0 bridgehead atoms. The van der Waals surface area contributed by atoms with Crippen molar-refractivity contribution in [3.63, 3.8) is 0 Å². The van der Waals surface area contributed by atoms with Crippen molar-refractivity contribution in [3.05, 3.63) is 63.6 Å². The molecule has 4 rings (SSSR count). The van der Waals surface area contributed by atoms with Gasteiger partial charge in [-0.3, -0.25) is 9.20 Å². The fourth-order valence-corrected chi connectivity index (χ4v) is 4.14. The second kappa shape index (κ2) is 6.24. The first-order chi connectivity index (χ1) is 12.8. The number of aromatic nitrogens is 2. The molecule has 0 saturated heterocycles. The fourth-order valence-electron chi connectivity index (χ4n) is 2.88. The first-order valence-corrected chi connectivity index (χ1v) is 9.00. The quantitative estimate of drug-likeness (QED) is 0.456. The zero-order chi connectivity index (χ0) is 19.3. The van der Waals surface area contributed by atoms with Gasteiger partial charge in [0, 0.05) is 11.4 Å². The highest BCUT2D eigenvalue weighted by Crippen LogP contribution is 2.36. The van der Waals surface area contributed by atoms with Crippen LogP contribution in [-0.2, 0) is 6.18 Å². The van der Waals surface area contributed by atoms with Crippen LogP contribution in [0, 0.1) is 6.92 Å². The van der Waals surface area contributed by atoms with Gasteiger partial charge in [-0.2, -0.15) is 13.2 Å². The lowest BCUT2D eigenvalue weighted by Crippen LogP contribution is -2.13. The number of nitrogens with zero attached hydrogens (tertiary/aromatic N) is 2. The minimum absolute atomic E-state index is 0.0204. The lowest BCUT2D eigenvalue weighted by molar-refractivity contribution is -0.137. The van der Waals surface area contributed by atoms with Gasteiger partial charge in [-0.15, -0.1) is 0 Å². The number of hydrogen-bond acceptors (Lipinski definition) is 3. The number of alkyl halides is 3. The van der Waals surface area contributed by atoms with E-state index in [1.54, 1.807) is 6.92 Å². The number of rotatable bonds is 2. The molecule has 4 nitrogen and oxygen atoms in total. The van der Waals surface area contributed by atoms with Crippen LogP contribution in [0.5, 0.6) is 0 Å². The van der Waals surface area contributed by atoms with Crippen LogP contribution in [0.3, 0.4) is 0 Å². The van der Waals surface area contributed by atoms with Crippen LogP contribution in [0.15, 0.2) is 42.5 Å². The van der Waals surface area contributed by atoms with Gasteiger partial charge in [-0.25, -0.2) is 4.98 Å². The van der Waals surface area contributed by atoms with E-state index in [9.17, 15) is 18.0 Å². The number of aryl methyl sites for hydroxylation is 1. The molecular weight excluding hydrogens is 399 g/mol. The van der Waals surface area contributed by atoms with Crippen LogP contribution >= 0.6 is 22.9 Å². The molecule has 0 aliphatic rings. The van der Waals surface area contributed by atoms with Gasteiger partial charge >= 0.3 is 6.18 Å². The van der Waals surface area contributed by atoms with Gasteiger partial charge in [-0.05, 0) is 37.3 Å². The Morgan fingerprint density at radius 1 is 1.22 bits per heavy atom. The van der Waals surface area contributed by atoms with E-state index in [1.807, 2.05) is 28.7 Å². The minimum Gasteiger partial charge on any atom is -0.321 e. The van der Waals surface area contributed by atoms with E-state index in [0.29, 0.717) is 15.5 Å². The van der Waals surface area contributed by atoms with E-state index < -0.39 is 22.7 Å². The monoisotopic (exact) mass is 409 g/mol. The Labute approximate surface area is 160 Å². The number of hydrogen-bond donors (Lipinski definition) is 1. The predicted octanol–water partition coefficient (Wildman–Crippen LogP) is 5.78. The number of anilines is 1. The molecule has 2 heterocycles. The number of fused-ring (bicyclic) bond motifs is 3. The van der Waals surface area contributed by atoms with Gasteiger partial charge in [0.2, 0.25) is 0 Å². The lowest BCUT2D eigenvalue weighted by Gasteiger charge is -2.11. The molecule has 2 aromatic heterocycles. The Morgan fingerprint density at radius 3 is 2.70 bits per heavy atom. The molecule has 0 radical (unpaired) electrons. The number of carbonyl (C=O) groups excluding carboxylic acids is 1. The van der Waals surface area contributed by atoms with Crippen molar-refractivity contribution in [2.45, 2.75) is 13.1 Å². The second-order valence-electron chi connectivity index (χ2n) is 5.88. The van der Waals surface area contributed by atoms with Crippen LogP contribution in [-0.4, -0.2) is 15.3 Å². The molecule has 138 valence electrons. The number of amides is 1. The largest absolute Gasteiger partial charge is 0.417 e. The lowest BCUT2D eigenvalue weighted by atomic mass is 10.2. The molecule has 0 unspecified atom stereocenters. The van der Waals surface area contributed by atoms with Crippen LogP contribution < -0.4 is 5.32 Å². The molecule has 9 heteroatoms. The summed E-state index contributed by atoms with van der Waals surface area (Å²) in [5, 5.41) is 2.09. The minimum atomic E-state index is -4.60. The molecule has 0 fully saturated rings. The van der Waals surface area contributed by atoms with Crippen LogP contribution in [0.25, 0.3) is 16.0 Å². The number of para-hydroxylation sites is 2. The third kappa shape index (κ3) is 3.04. The summed E-state index contributed by atoms with van der Waals surface area (Å²) in [4.78, 5) is 18.1. The van der Waals surface area contributed by atoms with E-state index in [-0.39, 0.29) is 5.69 Å². The van der Waals surface area contributed by atoms with Gasteiger partial charge < -0.3 is 5.32 Å². The number of thiazole rings is 1. The molecular formula is C18H11ClF3N3OS. The van der Waals surface area contributed by atoms with E-state index >= 15 is 0 Å². The molecule has 0 aliphatic heterocycles. The Morgan fingerprint density at radius 2 is 1.96 bits per heavy atom. The Hall–Kier alpha value is -2.58. The molecule has 0 saturated carbocycles. The van der Waals surface area contributed by atoms with Crippen LogP contribution in [0.1, 0.15) is 20.9 Å². The Bertz CT molecular complexity index is 1200. The first kappa shape index (κ1) is 17.8. The molecule has 0 aliphatic carbocycles. The highest BCUT2D eigenvalue weighted by atomic mass is 35.5. The van der Waals surface area contributed by atoms with Gasteiger partial charge in [0.15, 0.2) is 4.96 Å². The highest BCUT2D eigenvalue weighted by Gasteiger charge is 2.33. The van der Waals surface area contributed by atoms with Crippen LogP contribution in [0.4, 0.5) is 18.9 Å². The van der Waals surface area contributed by atoms with E-state index in [0.717, 1.165) is 23.2 Å². The molecule has 4 aromatic rings. The van der Waals surface area contributed by atoms with Gasteiger partial charge in [-0.1, -0.05) is 35.1 Å². The molecule has 27 heavy (non-hydrogen) atoms. The van der Waals surface area contributed by atoms with Gasteiger partial charge in [0.25, 0.3) is 5.91 Å². The first-order valence-electron chi connectivity index (χ1n) is 7.80. The van der Waals surface area contributed by atoms with Crippen molar-refractivity contribution < 1.29 is 18.0 Å². The summed E-state index contributed by atoms with van der Waals surface area (Å²) >= 11 is 6.79. The van der Waals surface area contributed by atoms with Crippen molar-refractivity contribution in [2.75, 3.05) is 5.32 Å².